The molecule has 0 aromatic rings. The Kier molecular flexibility index (Phi) is 3.83. The van der Waals surface area contributed by atoms with Crippen molar-refractivity contribution in [3.8, 4) is 0 Å². The van der Waals surface area contributed by atoms with Gasteiger partial charge in [0.1, 0.15) is 24.4 Å². The molecule has 15 heavy (non-hydrogen) atoms. The van der Waals surface area contributed by atoms with Crippen LogP contribution in [0.2, 0.25) is 0 Å². The third kappa shape index (κ3) is 2.36. The van der Waals surface area contributed by atoms with Crippen molar-refractivity contribution in [1.29, 1.82) is 0 Å². The molecule has 0 amide bonds. The van der Waals surface area contributed by atoms with E-state index in [1.807, 2.05) is 0 Å². The van der Waals surface area contributed by atoms with Crippen LogP contribution < -0.4 is 0 Å². The van der Waals surface area contributed by atoms with E-state index in [1.54, 1.807) is 20.8 Å². The zero-order chi connectivity index (χ0) is 11.7. The molecule has 5 nitrogen and oxygen atoms in total. The topological polar surface area (TPSA) is 87.0 Å². The zero-order valence-corrected chi connectivity index (χ0v) is 9.12. The van der Waals surface area contributed by atoms with Crippen molar-refractivity contribution >= 4 is 5.78 Å². The second-order valence-electron chi connectivity index (χ2n) is 4.29. The van der Waals surface area contributed by atoms with Crippen LogP contribution in [0.25, 0.3) is 0 Å². The summed E-state index contributed by atoms with van der Waals surface area (Å²) in [6.07, 6.45) is -5.54. The summed E-state index contributed by atoms with van der Waals surface area (Å²) in [6.45, 7) is 4.95. The molecule has 0 aromatic heterocycles. The van der Waals surface area contributed by atoms with E-state index >= 15 is 0 Å². The van der Waals surface area contributed by atoms with Gasteiger partial charge in [0.05, 0.1) is 6.10 Å². The molecule has 88 valence electrons. The first-order valence-electron chi connectivity index (χ1n) is 5.09. The Labute approximate surface area is 88.7 Å². The lowest BCUT2D eigenvalue weighted by Gasteiger charge is -2.39. The Morgan fingerprint density at radius 3 is 2.13 bits per heavy atom. The van der Waals surface area contributed by atoms with Gasteiger partial charge in [-0.3, -0.25) is 4.79 Å². The van der Waals surface area contributed by atoms with Gasteiger partial charge in [0.25, 0.3) is 0 Å². The van der Waals surface area contributed by atoms with Crippen LogP contribution in [-0.2, 0) is 9.53 Å². The highest BCUT2D eigenvalue weighted by Crippen LogP contribution is 2.23. The Balaban J connectivity index is 2.79. The smallest absolute Gasteiger partial charge is 0.166 e. The molecule has 1 aliphatic rings. The van der Waals surface area contributed by atoms with Gasteiger partial charge in [-0.05, 0) is 6.92 Å². The van der Waals surface area contributed by atoms with Gasteiger partial charge in [-0.1, -0.05) is 13.8 Å². The normalized spacial score (nSPS) is 41.9. The molecular weight excluding hydrogens is 200 g/mol. The number of ether oxygens (including phenoxy) is 1. The predicted molar refractivity (Wildman–Crippen MR) is 52.2 cm³/mol. The first-order chi connectivity index (χ1) is 6.86. The SMILES string of the molecule is CC(C)C(=O)C1OC(C)C(O)C(O)C1O. The molecule has 5 heteroatoms. The van der Waals surface area contributed by atoms with Crippen LogP contribution in [0.3, 0.4) is 0 Å². The van der Waals surface area contributed by atoms with E-state index in [1.165, 1.54) is 0 Å². The molecule has 3 N–H and O–H groups in total. The predicted octanol–water partition coefficient (Wildman–Crippen LogP) is -0.919. The van der Waals surface area contributed by atoms with Crippen LogP contribution in [0, 0.1) is 5.92 Å². The maximum atomic E-state index is 11.6. The van der Waals surface area contributed by atoms with E-state index in [9.17, 15) is 20.1 Å². The van der Waals surface area contributed by atoms with E-state index in [0.29, 0.717) is 0 Å². The van der Waals surface area contributed by atoms with Crippen molar-refractivity contribution in [3.05, 3.63) is 0 Å². The van der Waals surface area contributed by atoms with Crippen molar-refractivity contribution in [3.63, 3.8) is 0 Å². The van der Waals surface area contributed by atoms with Gasteiger partial charge in [-0.2, -0.15) is 0 Å². The van der Waals surface area contributed by atoms with Crippen molar-refractivity contribution < 1.29 is 24.9 Å². The number of Topliss-reactive ketones (excluding diaryl/α,β-unsaturated/α-hetero) is 1. The molecule has 1 saturated heterocycles. The van der Waals surface area contributed by atoms with Gasteiger partial charge in [0, 0.05) is 5.92 Å². The summed E-state index contributed by atoms with van der Waals surface area (Å²) in [7, 11) is 0. The second kappa shape index (κ2) is 4.57. The van der Waals surface area contributed by atoms with Crippen molar-refractivity contribution in [2.24, 2.45) is 5.92 Å². The van der Waals surface area contributed by atoms with E-state index in [2.05, 4.69) is 0 Å². The number of ketones is 1. The Hall–Kier alpha value is -0.490. The van der Waals surface area contributed by atoms with Crippen LogP contribution in [0.4, 0.5) is 0 Å². The molecule has 1 rings (SSSR count). The highest BCUT2D eigenvalue weighted by molar-refractivity contribution is 5.85. The maximum Gasteiger partial charge on any atom is 0.166 e. The highest BCUT2D eigenvalue weighted by Gasteiger charge is 2.45. The minimum atomic E-state index is -1.36. The summed E-state index contributed by atoms with van der Waals surface area (Å²) in [4.78, 5) is 11.6. The number of hydrogen-bond donors (Lipinski definition) is 3. The summed E-state index contributed by atoms with van der Waals surface area (Å²) in [5.74, 6) is -0.542. The van der Waals surface area contributed by atoms with Crippen molar-refractivity contribution in [2.75, 3.05) is 0 Å². The van der Waals surface area contributed by atoms with Crippen LogP contribution in [0.15, 0.2) is 0 Å². The van der Waals surface area contributed by atoms with Crippen molar-refractivity contribution in [1.82, 2.24) is 0 Å². The van der Waals surface area contributed by atoms with E-state index in [0.717, 1.165) is 0 Å². The third-order valence-corrected chi connectivity index (χ3v) is 2.70. The molecule has 1 heterocycles. The largest absolute Gasteiger partial charge is 0.388 e. The Bertz CT molecular complexity index is 240. The standard InChI is InChI=1S/C10H18O5/c1-4(2)6(11)10-9(14)8(13)7(12)5(3)15-10/h4-5,7-10,12-14H,1-3H3. The lowest BCUT2D eigenvalue weighted by molar-refractivity contribution is -0.216. The molecule has 1 fully saturated rings. The zero-order valence-electron chi connectivity index (χ0n) is 9.12. The van der Waals surface area contributed by atoms with Crippen LogP contribution >= 0.6 is 0 Å². The van der Waals surface area contributed by atoms with Crippen LogP contribution in [-0.4, -0.2) is 51.6 Å². The van der Waals surface area contributed by atoms with E-state index in [-0.39, 0.29) is 11.7 Å². The first kappa shape index (κ1) is 12.6. The summed E-state index contributed by atoms with van der Waals surface area (Å²) in [5.41, 5.74) is 0. The van der Waals surface area contributed by atoms with Crippen LogP contribution in [0.5, 0.6) is 0 Å². The molecule has 0 bridgehead atoms. The summed E-state index contributed by atoms with van der Waals surface area (Å²) < 4.78 is 5.19. The molecule has 5 atom stereocenters. The lowest BCUT2D eigenvalue weighted by atomic mass is 9.90. The van der Waals surface area contributed by atoms with Gasteiger partial charge < -0.3 is 20.1 Å². The summed E-state index contributed by atoms with van der Waals surface area (Å²) in [5, 5.41) is 28.5. The number of rotatable bonds is 2. The average Bonchev–Trinajstić information content (AvgIpc) is 2.19. The molecular formula is C10H18O5. The molecule has 0 saturated carbocycles. The molecule has 0 radical (unpaired) electrons. The van der Waals surface area contributed by atoms with Gasteiger partial charge in [-0.25, -0.2) is 0 Å². The first-order valence-corrected chi connectivity index (χ1v) is 5.09. The summed E-state index contributed by atoms with van der Waals surface area (Å²) in [6, 6.07) is 0. The number of hydrogen-bond acceptors (Lipinski definition) is 5. The molecule has 1 aliphatic heterocycles. The number of carbonyl (C=O) groups is 1. The average molecular weight is 218 g/mol. The number of carbonyl (C=O) groups excluding carboxylic acids is 1. The molecule has 0 aromatic carbocycles. The lowest BCUT2D eigenvalue weighted by Crippen LogP contribution is -2.59. The van der Waals surface area contributed by atoms with E-state index < -0.39 is 30.5 Å². The Morgan fingerprint density at radius 2 is 1.67 bits per heavy atom. The third-order valence-electron chi connectivity index (χ3n) is 2.70. The minimum absolute atomic E-state index is 0.264. The van der Waals surface area contributed by atoms with Crippen molar-refractivity contribution in [2.45, 2.75) is 51.3 Å². The van der Waals surface area contributed by atoms with E-state index in [4.69, 9.17) is 4.74 Å². The minimum Gasteiger partial charge on any atom is -0.388 e. The van der Waals surface area contributed by atoms with Gasteiger partial charge >= 0.3 is 0 Å². The monoisotopic (exact) mass is 218 g/mol. The fourth-order valence-corrected chi connectivity index (χ4v) is 1.61. The maximum absolute atomic E-state index is 11.6. The molecule has 0 aliphatic carbocycles. The molecule has 5 unspecified atom stereocenters. The van der Waals surface area contributed by atoms with Gasteiger partial charge in [-0.15, -0.1) is 0 Å². The second-order valence-corrected chi connectivity index (χ2v) is 4.29. The molecule has 0 spiro atoms. The van der Waals surface area contributed by atoms with Gasteiger partial charge in [0.15, 0.2) is 5.78 Å². The number of aliphatic hydroxyl groups is 3. The summed E-state index contributed by atoms with van der Waals surface area (Å²) >= 11 is 0. The Morgan fingerprint density at radius 1 is 1.13 bits per heavy atom. The highest BCUT2D eigenvalue weighted by atomic mass is 16.5. The number of aliphatic hydroxyl groups excluding tert-OH is 3. The van der Waals surface area contributed by atoms with Gasteiger partial charge in [0.2, 0.25) is 0 Å². The van der Waals surface area contributed by atoms with Crippen LogP contribution in [0.1, 0.15) is 20.8 Å². The fourth-order valence-electron chi connectivity index (χ4n) is 1.61. The quantitative estimate of drug-likeness (QED) is 0.558. The fraction of sp³-hybridized carbons (Fsp3) is 0.900.